The Labute approximate surface area is 160 Å². The maximum atomic E-state index is 13.3. The van der Waals surface area contributed by atoms with E-state index in [4.69, 9.17) is 4.74 Å². The first-order chi connectivity index (χ1) is 13.2. The van der Waals surface area contributed by atoms with Gasteiger partial charge in [0.15, 0.2) is 0 Å². The van der Waals surface area contributed by atoms with Gasteiger partial charge in [-0.1, -0.05) is 18.6 Å². The monoisotopic (exact) mass is 371 g/mol. The minimum atomic E-state index is 0.0726. The molecule has 3 saturated heterocycles. The highest BCUT2D eigenvalue weighted by Gasteiger charge is 2.36. The van der Waals surface area contributed by atoms with E-state index in [2.05, 4.69) is 10.2 Å². The Hall–Kier alpha value is -2.08. The predicted molar refractivity (Wildman–Crippen MR) is 103 cm³/mol. The van der Waals surface area contributed by atoms with Gasteiger partial charge >= 0.3 is 0 Å². The third-order valence-corrected chi connectivity index (χ3v) is 6.10. The molecule has 6 nitrogen and oxygen atoms in total. The van der Waals surface area contributed by atoms with Crippen LogP contribution >= 0.6 is 0 Å². The first-order valence-corrected chi connectivity index (χ1v) is 10.3. The zero-order chi connectivity index (χ0) is 18.6. The molecular weight excluding hydrogens is 342 g/mol. The number of carbonyl (C=O) groups excluding carboxylic acids is 2. The van der Waals surface area contributed by atoms with Crippen molar-refractivity contribution >= 4 is 11.8 Å². The Bertz CT molecular complexity index is 693. The van der Waals surface area contributed by atoms with Crippen LogP contribution in [-0.4, -0.2) is 67.0 Å². The molecule has 146 valence electrons. The van der Waals surface area contributed by atoms with E-state index in [0.29, 0.717) is 36.8 Å². The molecule has 2 atom stereocenters. The highest BCUT2D eigenvalue weighted by Crippen LogP contribution is 2.29. The minimum absolute atomic E-state index is 0.0726. The fourth-order valence-electron chi connectivity index (χ4n) is 4.62. The predicted octanol–water partition coefficient (Wildman–Crippen LogP) is 1.90. The van der Waals surface area contributed by atoms with Crippen LogP contribution in [0, 0.1) is 5.92 Å². The number of carbonyl (C=O) groups is 2. The number of likely N-dealkylation sites (tertiary alicyclic amines) is 2. The first kappa shape index (κ1) is 18.3. The van der Waals surface area contributed by atoms with Gasteiger partial charge in [0.1, 0.15) is 12.4 Å². The maximum Gasteiger partial charge on any atom is 0.257 e. The van der Waals surface area contributed by atoms with Gasteiger partial charge in [-0.3, -0.25) is 9.59 Å². The number of benzene rings is 1. The number of fused-ring (bicyclic) bond motifs is 1. The van der Waals surface area contributed by atoms with Crippen molar-refractivity contribution in [1.82, 2.24) is 15.1 Å². The molecule has 3 aliphatic heterocycles. The largest absolute Gasteiger partial charge is 0.491 e. The Morgan fingerprint density at radius 2 is 2.04 bits per heavy atom. The van der Waals surface area contributed by atoms with Crippen molar-refractivity contribution in [3.8, 4) is 5.75 Å². The Morgan fingerprint density at radius 1 is 1.15 bits per heavy atom. The van der Waals surface area contributed by atoms with E-state index in [1.54, 1.807) is 0 Å². The highest BCUT2D eigenvalue weighted by atomic mass is 16.5. The zero-order valence-electron chi connectivity index (χ0n) is 15.9. The number of rotatable bonds is 5. The number of hydrogen-bond acceptors (Lipinski definition) is 4. The SMILES string of the molecule is O=C1CCCN1CCOc1ccccc1C(=O)N1CCCCC2CNCC21. The summed E-state index contributed by atoms with van der Waals surface area (Å²) in [4.78, 5) is 29.0. The van der Waals surface area contributed by atoms with Gasteiger partial charge < -0.3 is 19.9 Å². The van der Waals surface area contributed by atoms with Gasteiger partial charge in [0.2, 0.25) is 5.91 Å². The fourth-order valence-corrected chi connectivity index (χ4v) is 4.62. The Morgan fingerprint density at radius 3 is 2.89 bits per heavy atom. The molecule has 0 aliphatic carbocycles. The number of amides is 2. The maximum absolute atomic E-state index is 13.3. The molecule has 4 rings (SSSR count). The fraction of sp³-hybridized carbons (Fsp3) is 0.619. The van der Waals surface area contributed by atoms with Crippen molar-refractivity contribution in [2.75, 3.05) is 39.3 Å². The molecule has 3 heterocycles. The van der Waals surface area contributed by atoms with Crippen LogP contribution in [0.25, 0.3) is 0 Å². The van der Waals surface area contributed by atoms with E-state index >= 15 is 0 Å². The molecule has 2 unspecified atom stereocenters. The van der Waals surface area contributed by atoms with Crippen molar-refractivity contribution < 1.29 is 14.3 Å². The van der Waals surface area contributed by atoms with Gasteiger partial charge in [-0.05, 0) is 37.3 Å². The quantitative estimate of drug-likeness (QED) is 0.859. The lowest BCUT2D eigenvalue weighted by Gasteiger charge is -2.30. The summed E-state index contributed by atoms with van der Waals surface area (Å²) in [6.07, 6.45) is 5.02. The summed E-state index contributed by atoms with van der Waals surface area (Å²) >= 11 is 0. The molecule has 0 aromatic heterocycles. The molecule has 0 spiro atoms. The van der Waals surface area contributed by atoms with Crippen LogP contribution < -0.4 is 10.1 Å². The van der Waals surface area contributed by atoms with E-state index < -0.39 is 0 Å². The molecule has 27 heavy (non-hydrogen) atoms. The third kappa shape index (κ3) is 3.95. The van der Waals surface area contributed by atoms with Gasteiger partial charge in [-0.15, -0.1) is 0 Å². The molecule has 0 saturated carbocycles. The van der Waals surface area contributed by atoms with E-state index in [0.717, 1.165) is 39.0 Å². The van der Waals surface area contributed by atoms with Crippen LogP contribution in [0.4, 0.5) is 0 Å². The van der Waals surface area contributed by atoms with E-state index in [1.165, 1.54) is 12.8 Å². The molecule has 3 fully saturated rings. The van der Waals surface area contributed by atoms with Crippen LogP contribution in [0.1, 0.15) is 42.5 Å². The lowest BCUT2D eigenvalue weighted by atomic mass is 9.98. The molecule has 0 radical (unpaired) electrons. The summed E-state index contributed by atoms with van der Waals surface area (Å²) in [5, 5.41) is 3.45. The van der Waals surface area contributed by atoms with Gasteiger partial charge in [-0.25, -0.2) is 0 Å². The third-order valence-electron chi connectivity index (χ3n) is 6.10. The summed E-state index contributed by atoms with van der Waals surface area (Å²) in [6.45, 7) is 4.53. The van der Waals surface area contributed by atoms with Gasteiger partial charge in [0, 0.05) is 38.6 Å². The Kier molecular flexibility index (Phi) is 5.62. The zero-order valence-corrected chi connectivity index (χ0v) is 15.9. The summed E-state index contributed by atoms with van der Waals surface area (Å²) in [6, 6.07) is 7.81. The van der Waals surface area contributed by atoms with Crippen molar-refractivity contribution in [2.24, 2.45) is 5.92 Å². The second-order valence-corrected chi connectivity index (χ2v) is 7.81. The molecule has 1 N–H and O–H groups in total. The highest BCUT2D eigenvalue weighted by molar-refractivity contribution is 5.97. The lowest BCUT2D eigenvalue weighted by Crippen LogP contribution is -2.44. The minimum Gasteiger partial charge on any atom is -0.491 e. The molecular formula is C21H29N3O3. The average molecular weight is 371 g/mol. The normalized spacial score (nSPS) is 25.4. The molecule has 1 aromatic rings. The van der Waals surface area contributed by atoms with Gasteiger partial charge in [0.25, 0.3) is 5.91 Å². The van der Waals surface area contributed by atoms with E-state index in [9.17, 15) is 9.59 Å². The number of nitrogens with one attached hydrogen (secondary N) is 1. The number of nitrogens with zero attached hydrogens (tertiary/aromatic N) is 2. The molecule has 3 aliphatic rings. The average Bonchev–Trinajstić information content (AvgIpc) is 3.26. The molecule has 1 aromatic carbocycles. The number of ether oxygens (including phenoxy) is 1. The molecule has 6 heteroatoms. The first-order valence-electron chi connectivity index (χ1n) is 10.3. The lowest BCUT2D eigenvalue weighted by molar-refractivity contribution is -0.128. The summed E-state index contributed by atoms with van der Waals surface area (Å²) in [5.41, 5.74) is 0.637. The van der Waals surface area contributed by atoms with Crippen LogP contribution in [0.3, 0.4) is 0 Å². The van der Waals surface area contributed by atoms with E-state index in [-0.39, 0.29) is 17.9 Å². The Balaban J connectivity index is 1.44. The second kappa shape index (κ2) is 8.30. The molecule has 2 amide bonds. The summed E-state index contributed by atoms with van der Waals surface area (Å²) in [5.74, 6) is 1.46. The van der Waals surface area contributed by atoms with Crippen molar-refractivity contribution in [1.29, 1.82) is 0 Å². The van der Waals surface area contributed by atoms with Crippen molar-refractivity contribution in [3.63, 3.8) is 0 Å². The van der Waals surface area contributed by atoms with Gasteiger partial charge in [-0.2, -0.15) is 0 Å². The van der Waals surface area contributed by atoms with Crippen LogP contribution in [0.15, 0.2) is 24.3 Å². The summed E-state index contributed by atoms with van der Waals surface area (Å²) < 4.78 is 5.94. The number of para-hydroxylation sites is 1. The topological polar surface area (TPSA) is 61.9 Å². The smallest absolute Gasteiger partial charge is 0.257 e. The van der Waals surface area contributed by atoms with Crippen LogP contribution in [0.5, 0.6) is 5.75 Å². The van der Waals surface area contributed by atoms with Crippen molar-refractivity contribution in [2.45, 2.75) is 38.1 Å². The standard InChI is InChI=1S/C21H29N3O3/c25-20-9-5-10-23(20)12-13-27-19-8-2-1-7-17(19)21(26)24-11-4-3-6-16-14-22-15-18(16)24/h1-2,7-8,16,18,22H,3-6,9-15H2. The summed E-state index contributed by atoms with van der Waals surface area (Å²) in [7, 11) is 0. The second-order valence-electron chi connectivity index (χ2n) is 7.81. The number of hydrogen-bond donors (Lipinski definition) is 1. The van der Waals surface area contributed by atoms with Crippen LogP contribution in [0.2, 0.25) is 0 Å². The van der Waals surface area contributed by atoms with Crippen LogP contribution in [-0.2, 0) is 4.79 Å². The van der Waals surface area contributed by atoms with Gasteiger partial charge in [0.05, 0.1) is 12.1 Å². The molecule has 0 bridgehead atoms. The van der Waals surface area contributed by atoms with Crippen molar-refractivity contribution in [3.05, 3.63) is 29.8 Å². The van der Waals surface area contributed by atoms with E-state index in [1.807, 2.05) is 29.2 Å².